The molecule has 0 aliphatic rings. The molecule has 62 valence electrons. The average molecular weight is 188 g/mol. The Labute approximate surface area is 75.9 Å². The Kier molecular flexibility index (Phi) is 3.20. The Morgan fingerprint density at radius 1 is 1.64 bits per heavy atom. The number of rotatable bonds is 3. The van der Waals surface area contributed by atoms with Crippen molar-refractivity contribution in [2.45, 2.75) is 33.2 Å². The maximum Gasteiger partial charge on any atom is 0.179 e. The molecule has 1 rings (SSSR count). The van der Waals surface area contributed by atoms with Crippen molar-refractivity contribution in [1.82, 2.24) is 9.78 Å². The highest BCUT2D eigenvalue weighted by molar-refractivity contribution is 7.73. The van der Waals surface area contributed by atoms with E-state index in [2.05, 4.69) is 12.0 Å². The topological polar surface area (TPSA) is 17.8 Å². The van der Waals surface area contributed by atoms with Gasteiger partial charge in [-0.05, 0) is 25.6 Å². The largest absolute Gasteiger partial charge is 0.245 e. The van der Waals surface area contributed by atoms with E-state index in [0.29, 0.717) is 0 Å². The Balaban J connectivity index is 2.70. The molecule has 0 aliphatic heterocycles. The maximum absolute atomic E-state index is 5.11. The van der Waals surface area contributed by atoms with E-state index >= 15 is 0 Å². The van der Waals surface area contributed by atoms with Crippen LogP contribution in [0.3, 0.4) is 0 Å². The summed E-state index contributed by atoms with van der Waals surface area (Å²) in [6.07, 6.45) is 2.36. The van der Waals surface area contributed by atoms with Gasteiger partial charge in [0.15, 0.2) is 3.95 Å². The molecule has 0 aliphatic carbocycles. The van der Waals surface area contributed by atoms with E-state index in [0.717, 1.165) is 21.9 Å². The third-order valence-electron chi connectivity index (χ3n) is 1.43. The number of aryl methyl sites for hydroxylation is 2. The summed E-state index contributed by atoms with van der Waals surface area (Å²) in [5, 5.41) is 5.34. The lowest BCUT2D eigenvalue weighted by molar-refractivity contribution is 0.563. The molecule has 11 heavy (non-hydrogen) atoms. The van der Waals surface area contributed by atoms with Gasteiger partial charge in [0.25, 0.3) is 0 Å². The Hall–Kier alpha value is -0.220. The number of aromatic nitrogens is 2. The molecule has 0 N–H and O–H groups in total. The molecule has 0 unspecified atom stereocenters. The summed E-state index contributed by atoms with van der Waals surface area (Å²) in [7, 11) is 0. The molecule has 1 aromatic rings. The van der Waals surface area contributed by atoms with Crippen molar-refractivity contribution in [1.29, 1.82) is 0 Å². The molecule has 1 heterocycles. The monoisotopic (exact) mass is 188 g/mol. The first-order valence-electron chi connectivity index (χ1n) is 3.78. The summed E-state index contributed by atoms with van der Waals surface area (Å²) >= 11 is 6.69. The molecule has 0 aromatic carbocycles. The van der Waals surface area contributed by atoms with E-state index in [9.17, 15) is 0 Å². The minimum absolute atomic E-state index is 0.899. The zero-order valence-electron chi connectivity index (χ0n) is 6.83. The van der Waals surface area contributed by atoms with E-state index in [4.69, 9.17) is 12.2 Å². The summed E-state index contributed by atoms with van der Waals surface area (Å²) in [4.78, 5) is 0. The first-order chi connectivity index (χ1) is 5.24. The summed E-state index contributed by atoms with van der Waals surface area (Å²) in [5.41, 5.74) is 0. The molecule has 1 aromatic heterocycles. The first kappa shape index (κ1) is 8.87. The van der Waals surface area contributed by atoms with Crippen LogP contribution in [0.25, 0.3) is 0 Å². The van der Waals surface area contributed by atoms with Crippen LogP contribution in [0.5, 0.6) is 0 Å². The second-order valence-corrected chi connectivity index (χ2v) is 4.29. The lowest BCUT2D eigenvalue weighted by Crippen LogP contribution is -1.99. The molecule has 2 nitrogen and oxygen atoms in total. The average Bonchev–Trinajstić information content (AvgIpc) is 2.26. The van der Waals surface area contributed by atoms with Gasteiger partial charge in [0.1, 0.15) is 5.01 Å². The Morgan fingerprint density at radius 3 is 2.82 bits per heavy atom. The van der Waals surface area contributed by atoms with Gasteiger partial charge in [-0.25, -0.2) is 4.68 Å². The van der Waals surface area contributed by atoms with E-state index in [1.54, 1.807) is 11.3 Å². The highest BCUT2D eigenvalue weighted by atomic mass is 32.1. The van der Waals surface area contributed by atoms with E-state index in [1.807, 2.05) is 11.6 Å². The van der Waals surface area contributed by atoms with Gasteiger partial charge in [-0.3, -0.25) is 0 Å². The molecule has 0 saturated carbocycles. The smallest absolute Gasteiger partial charge is 0.179 e. The number of hydrogen-bond acceptors (Lipinski definition) is 3. The minimum Gasteiger partial charge on any atom is -0.245 e. The molecule has 0 amide bonds. The van der Waals surface area contributed by atoms with Crippen LogP contribution < -0.4 is 0 Å². The van der Waals surface area contributed by atoms with Gasteiger partial charge in [0, 0.05) is 6.54 Å². The fraction of sp³-hybridized carbons (Fsp3) is 0.714. The van der Waals surface area contributed by atoms with Gasteiger partial charge >= 0.3 is 0 Å². The lowest BCUT2D eigenvalue weighted by atomic mass is 10.3. The van der Waals surface area contributed by atoms with Crippen molar-refractivity contribution in [2.24, 2.45) is 0 Å². The summed E-state index contributed by atoms with van der Waals surface area (Å²) in [6.45, 7) is 5.13. The van der Waals surface area contributed by atoms with Crippen LogP contribution in [0.1, 0.15) is 24.8 Å². The molecular weight excluding hydrogens is 176 g/mol. The second-order valence-electron chi connectivity index (χ2n) is 2.46. The molecule has 0 radical (unpaired) electrons. The van der Waals surface area contributed by atoms with Crippen molar-refractivity contribution in [3.8, 4) is 0 Å². The highest BCUT2D eigenvalue weighted by Gasteiger charge is 1.96. The molecule has 0 fully saturated rings. The molecule has 0 bridgehead atoms. The van der Waals surface area contributed by atoms with Gasteiger partial charge < -0.3 is 0 Å². The van der Waals surface area contributed by atoms with Crippen LogP contribution in [-0.4, -0.2) is 9.78 Å². The maximum atomic E-state index is 5.11. The summed E-state index contributed by atoms with van der Waals surface area (Å²) in [5.74, 6) is 0. The zero-order chi connectivity index (χ0) is 8.27. The first-order valence-corrected chi connectivity index (χ1v) is 5.01. The van der Waals surface area contributed by atoms with Gasteiger partial charge in [0.2, 0.25) is 0 Å². The van der Waals surface area contributed by atoms with E-state index in [1.165, 1.54) is 6.42 Å². The van der Waals surface area contributed by atoms with Crippen molar-refractivity contribution in [2.75, 3.05) is 0 Å². The van der Waals surface area contributed by atoms with Crippen molar-refractivity contribution in [3.05, 3.63) is 8.96 Å². The van der Waals surface area contributed by atoms with Gasteiger partial charge in [-0.2, -0.15) is 5.10 Å². The van der Waals surface area contributed by atoms with Gasteiger partial charge in [-0.15, -0.1) is 0 Å². The summed E-state index contributed by atoms with van der Waals surface area (Å²) in [6, 6.07) is 0. The lowest BCUT2D eigenvalue weighted by Gasteiger charge is -1.96. The molecular formula is C7H12N2S2. The van der Waals surface area contributed by atoms with Crippen LogP contribution in [0.4, 0.5) is 0 Å². The predicted molar refractivity (Wildman–Crippen MR) is 50.6 cm³/mol. The highest BCUT2D eigenvalue weighted by Crippen LogP contribution is 2.07. The second kappa shape index (κ2) is 3.97. The zero-order valence-corrected chi connectivity index (χ0v) is 8.47. The van der Waals surface area contributed by atoms with Crippen molar-refractivity contribution >= 4 is 23.6 Å². The van der Waals surface area contributed by atoms with Gasteiger partial charge in [0.05, 0.1) is 0 Å². The number of unbranched alkanes of at least 4 members (excludes halogenated alkanes) is 1. The molecule has 0 saturated heterocycles. The SMILES string of the molecule is CCCCn1nc(C)sc1=S. The fourth-order valence-electron chi connectivity index (χ4n) is 0.859. The standard InChI is InChI=1S/C7H12N2S2/c1-3-4-5-9-7(10)11-6(2)8-9/h3-5H2,1-2H3. The minimum atomic E-state index is 0.899. The molecule has 0 spiro atoms. The molecule has 4 heteroatoms. The van der Waals surface area contributed by atoms with Crippen molar-refractivity contribution < 1.29 is 0 Å². The third kappa shape index (κ3) is 2.38. The van der Waals surface area contributed by atoms with Crippen LogP contribution in [-0.2, 0) is 6.54 Å². The predicted octanol–water partition coefficient (Wildman–Crippen LogP) is 2.78. The van der Waals surface area contributed by atoms with E-state index < -0.39 is 0 Å². The van der Waals surface area contributed by atoms with Crippen LogP contribution in [0.15, 0.2) is 0 Å². The molecule has 0 atom stereocenters. The van der Waals surface area contributed by atoms with Crippen molar-refractivity contribution in [3.63, 3.8) is 0 Å². The quantitative estimate of drug-likeness (QED) is 0.679. The fourth-order valence-corrected chi connectivity index (χ4v) is 1.98. The third-order valence-corrected chi connectivity index (χ3v) is 2.65. The van der Waals surface area contributed by atoms with E-state index in [-0.39, 0.29) is 0 Å². The Bertz CT molecular complexity index is 274. The summed E-state index contributed by atoms with van der Waals surface area (Å²) < 4.78 is 2.81. The van der Waals surface area contributed by atoms with Crippen LogP contribution in [0.2, 0.25) is 0 Å². The van der Waals surface area contributed by atoms with Crippen LogP contribution in [0, 0.1) is 10.9 Å². The number of hydrogen-bond donors (Lipinski definition) is 0. The normalized spacial score (nSPS) is 10.4. The van der Waals surface area contributed by atoms with Gasteiger partial charge in [-0.1, -0.05) is 24.7 Å². The van der Waals surface area contributed by atoms with Crippen LogP contribution >= 0.6 is 23.6 Å². The number of nitrogens with zero attached hydrogens (tertiary/aromatic N) is 2. The Morgan fingerprint density at radius 2 is 2.36 bits per heavy atom.